The van der Waals surface area contributed by atoms with Gasteiger partial charge in [0.2, 0.25) is 0 Å². The third kappa shape index (κ3) is 3.47. The molecule has 0 spiro atoms. The maximum atomic E-state index is 12.1. The Balaban J connectivity index is 1.64. The maximum Gasteiger partial charge on any atom is 0.252 e. The first kappa shape index (κ1) is 18.5. The topological polar surface area (TPSA) is 66.9 Å². The van der Waals surface area contributed by atoms with Crippen LogP contribution in [0.4, 0.5) is 5.69 Å². The molecule has 146 valence electrons. The van der Waals surface area contributed by atoms with Crippen molar-refractivity contribution in [1.29, 1.82) is 0 Å². The number of piperidine rings is 1. The average molecular weight is 377 g/mol. The van der Waals surface area contributed by atoms with Crippen molar-refractivity contribution in [3.8, 4) is 0 Å². The quantitative estimate of drug-likeness (QED) is 0.742. The molecule has 6 nitrogen and oxygen atoms in total. The lowest BCUT2D eigenvalue weighted by Crippen LogP contribution is -2.51. The molecule has 1 aliphatic heterocycles. The Labute approximate surface area is 165 Å². The lowest BCUT2D eigenvalue weighted by molar-refractivity contribution is 0.0999. The van der Waals surface area contributed by atoms with E-state index < -0.39 is 5.91 Å². The second-order valence-electron chi connectivity index (χ2n) is 7.77. The molecule has 4 rings (SSSR count). The third-order valence-corrected chi connectivity index (χ3v) is 5.90. The van der Waals surface area contributed by atoms with E-state index in [2.05, 4.69) is 59.2 Å². The lowest BCUT2D eigenvalue weighted by Gasteiger charge is -2.43. The normalized spacial score (nSPS) is 20.4. The number of anilines is 1. The summed E-state index contributed by atoms with van der Waals surface area (Å²) >= 11 is 0. The standard InChI is InChI=1S/C22H27N5O/c1-16-10-12-26(14-17-7-4-3-5-8-17)15-20(16)25(2)21-18(22(23)28)13-24-27-11-6-9-19(21)27/h3-9,11,13,16,20H,10,12,14-15H2,1-2H3,(H2,23,28). The fourth-order valence-corrected chi connectivity index (χ4v) is 4.30. The first-order valence-electron chi connectivity index (χ1n) is 9.80. The molecule has 6 heteroatoms. The molecular weight excluding hydrogens is 350 g/mol. The van der Waals surface area contributed by atoms with E-state index in [1.165, 1.54) is 5.56 Å². The molecular formula is C22H27N5O. The number of amides is 1. The van der Waals surface area contributed by atoms with Gasteiger partial charge in [-0.2, -0.15) is 5.10 Å². The Kier molecular flexibility index (Phi) is 5.05. The number of carbonyl (C=O) groups excluding carboxylic acids is 1. The van der Waals surface area contributed by atoms with Crippen LogP contribution in [0.1, 0.15) is 29.3 Å². The van der Waals surface area contributed by atoms with Crippen LogP contribution in [0.5, 0.6) is 0 Å². The van der Waals surface area contributed by atoms with Crippen molar-refractivity contribution in [2.75, 3.05) is 25.0 Å². The van der Waals surface area contributed by atoms with Crippen molar-refractivity contribution in [3.63, 3.8) is 0 Å². The Morgan fingerprint density at radius 2 is 2.04 bits per heavy atom. The number of aromatic nitrogens is 2. The number of primary amides is 1. The lowest BCUT2D eigenvalue weighted by atomic mass is 9.91. The highest BCUT2D eigenvalue weighted by Crippen LogP contribution is 2.31. The van der Waals surface area contributed by atoms with Crippen molar-refractivity contribution >= 4 is 17.1 Å². The molecule has 1 fully saturated rings. The third-order valence-electron chi connectivity index (χ3n) is 5.90. The van der Waals surface area contributed by atoms with E-state index in [1.54, 1.807) is 10.7 Å². The van der Waals surface area contributed by atoms with E-state index in [-0.39, 0.29) is 6.04 Å². The number of nitrogens with two attached hydrogens (primary N) is 1. The summed E-state index contributed by atoms with van der Waals surface area (Å²) in [6.07, 6.45) is 4.59. The first-order chi connectivity index (χ1) is 13.5. The highest BCUT2D eigenvalue weighted by Gasteiger charge is 2.32. The molecule has 3 heterocycles. The van der Waals surface area contributed by atoms with E-state index >= 15 is 0 Å². The summed E-state index contributed by atoms with van der Waals surface area (Å²) in [4.78, 5) is 16.8. The molecule has 3 aromatic rings. The van der Waals surface area contributed by atoms with Gasteiger partial charge in [0.05, 0.1) is 23.0 Å². The molecule has 2 aromatic heterocycles. The zero-order chi connectivity index (χ0) is 19.7. The van der Waals surface area contributed by atoms with Crippen LogP contribution in [0.25, 0.3) is 5.52 Å². The van der Waals surface area contributed by atoms with Crippen LogP contribution in [0.15, 0.2) is 54.9 Å². The van der Waals surface area contributed by atoms with Crippen LogP contribution in [-0.2, 0) is 6.54 Å². The maximum absolute atomic E-state index is 12.1. The number of hydrogen-bond acceptors (Lipinski definition) is 4. The second kappa shape index (κ2) is 7.64. The number of likely N-dealkylation sites (N-methyl/N-ethyl adjacent to an activating group) is 1. The summed E-state index contributed by atoms with van der Waals surface area (Å²) in [5.74, 6) is 0.0728. The summed E-state index contributed by atoms with van der Waals surface area (Å²) in [6, 6.07) is 14.8. The van der Waals surface area contributed by atoms with Gasteiger partial charge in [-0.05, 0) is 36.6 Å². The van der Waals surface area contributed by atoms with Crippen LogP contribution in [0.3, 0.4) is 0 Å². The predicted molar refractivity (Wildman–Crippen MR) is 111 cm³/mol. The SMILES string of the molecule is CC1CCN(Cc2ccccc2)CC1N(C)c1c(C(N)=O)cnn2cccc12. The smallest absolute Gasteiger partial charge is 0.252 e. The van der Waals surface area contributed by atoms with Crippen LogP contribution in [0, 0.1) is 5.92 Å². The van der Waals surface area contributed by atoms with Crippen molar-refractivity contribution in [3.05, 3.63) is 66.0 Å². The zero-order valence-corrected chi connectivity index (χ0v) is 16.5. The van der Waals surface area contributed by atoms with Crippen molar-refractivity contribution in [2.24, 2.45) is 11.7 Å². The van der Waals surface area contributed by atoms with E-state index in [9.17, 15) is 4.79 Å². The van der Waals surface area contributed by atoms with Crippen LogP contribution >= 0.6 is 0 Å². The van der Waals surface area contributed by atoms with Crippen LogP contribution in [-0.4, -0.2) is 46.6 Å². The fraction of sp³-hybridized carbons (Fsp3) is 0.364. The molecule has 1 saturated heterocycles. The van der Waals surface area contributed by atoms with E-state index in [0.717, 1.165) is 37.3 Å². The van der Waals surface area contributed by atoms with Crippen molar-refractivity contribution < 1.29 is 4.79 Å². The van der Waals surface area contributed by atoms with Gasteiger partial charge in [0.15, 0.2) is 0 Å². The number of likely N-dealkylation sites (tertiary alicyclic amines) is 1. The molecule has 1 aliphatic rings. The highest BCUT2D eigenvalue weighted by atomic mass is 16.1. The van der Waals surface area contributed by atoms with Gasteiger partial charge in [-0.15, -0.1) is 0 Å². The Morgan fingerprint density at radius 1 is 1.25 bits per heavy atom. The predicted octanol–water partition coefficient (Wildman–Crippen LogP) is 2.78. The summed E-state index contributed by atoms with van der Waals surface area (Å²) in [7, 11) is 2.07. The Morgan fingerprint density at radius 3 is 2.79 bits per heavy atom. The molecule has 1 aromatic carbocycles. The Hall–Kier alpha value is -2.86. The molecule has 28 heavy (non-hydrogen) atoms. The van der Waals surface area contributed by atoms with Gasteiger partial charge in [0.25, 0.3) is 5.91 Å². The van der Waals surface area contributed by atoms with Crippen LogP contribution < -0.4 is 10.6 Å². The molecule has 2 atom stereocenters. The minimum Gasteiger partial charge on any atom is -0.368 e. The van der Waals surface area contributed by atoms with Gasteiger partial charge in [-0.25, -0.2) is 4.52 Å². The van der Waals surface area contributed by atoms with Crippen molar-refractivity contribution in [2.45, 2.75) is 25.9 Å². The van der Waals surface area contributed by atoms with E-state index in [1.807, 2.05) is 18.3 Å². The molecule has 0 saturated carbocycles. The Bertz CT molecular complexity index is 967. The minimum absolute atomic E-state index is 0.289. The van der Waals surface area contributed by atoms with Gasteiger partial charge < -0.3 is 10.6 Å². The second-order valence-corrected chi connectivity index (χ2v) is 7.77. The van der Waals surface area contributed by atoms with E-state index in [0.29, 0.717) is 11.5 Å². The van der Waals surface area contributed by atoms with Gasteiger partial charge in [0.1, 0.15) is 0 Å². The van der Waals surface area contributed by atoms with Crippen LogP contribution in [0.2, 0.25) is 0 Å². The molecule has 0 bridgehead atoms. The van der Waals surface area contributed by atoms with Gasteiger partial charge in [-0.1, -0.05) is 37.3 Å². The number of carbonyl (C=O) groups is 1. The number of nitrogens with zero attached hydrogens (tertiary/aromatic N) is 4. The van der Waals surface area contributed by atoms with Crippen molar-refractivity contribution in [1.82, 2.24) is 14.5 Å². The largest absolute Gasteiger partial charge is 0.368 e. The number of rotatable bonds is 5. The molecule has 0 radical (unpaired) electrons. The number of benzene rings is 1. The summed E-state index contributed by atoms with van der Waals surface area (Å²) in [5, 5.41) is 4.32. The van der Waals surface area contributed by atoms with Gasteiger partial charge in [-0.3, -0.25) is 9.69 Å². The number of hydrogen-bond donors (Lipinski definition) is 1. The highest BCUT2D eigenvalue weighted by molar-refractivity contribution is 6.02. The molecule has 2 unspecified atom stereocenters. The summed E-state index contributed by atoms with van der Waals surface area (Å²) in [5.41, 5.74) is 9.26. The first-order valence-corrected chi connectivity index (χ1v) is 9.80. The molecule has 2 N–H and O–H groups in total. The zero-order valence-electron chi connectivity index (χ0n) is 16.5. The summed E-state index contributed by atoms with van der Waals surface area (Å²) in [6.45, 7) is 5.26. The fourth-order valence-electron chi connectivity index (χ4n) is 4.30. The summed E-state index contributed by atoms with van der Waals surface area (Å²) < 4.78 is 1.80. The molecule has 1 amide bonds. The van der Waals surface area contributed by atoms with Gasteiger partial charge >= 0.3 is 0 Å². The molecule has 0 aliphatic carbocycles. The average Bonchev–Trinajstić information content (AvgIpc) is 3.17. The van der Waals surface area contributed by atoms with Gasteiger partial charge in [0, 0.05) is 32.4 Å². The minimum atomic E-state index is -0.442. The van der Waals surface area contributed by atoms with E-state index in [4.69, 9.17) is 5.73 Å². The monoisotopic (exact) mass is 377 g/mol. The number of fused-ring (bicyclic) bond motifs is 1.